The summed E-state index contributed by atoms with van der Waals surface area (Å²) in [6.45, 7) is 14.6. The van der Waals surface area contributed by atoms with Crippen LogP contribution in [-0.4, -0.2) is 29.1 Å². The molecule has 0 unspecified atom stereocenters. The van der Waals surface area contributed by atoms with E-state index in [1.165, 1.54) is 6.07 Å². The van der Waals surface area contributed by atoms with Crippen LogP contribution in [0.5, 0.6) is 0 Å². The lowest BCUT2D eigenvalue weighted by atomic mass is 10.0. The Morgan fingerprint density at radius 2 is 1.96 bits per heavy atom. The number of aromatic amines is 2. The molecule has 0 bridgehead atoms. The van der Waals surface area contributed by atoms with Gasteiger partial charge in [0.1, 0.15) is 5.82 Å². The van der Waals surface area contributed by atoms with E-state index < -0.39 is 0 Å². The number of H-pyrrole nitrogens is 2. The minimum Gasteiger partial charge on any atom is -0.382 e. The van der Waals surface area contributed by atoms with Crippen LogP contribution in [0.4, 0.5) is 4.39 Å². The van der Waals surface area contributed by atoms with E-state index in [0.717, 1.165) is 75.6 Å². The van der Waals surface area contributed by atoms with Crippen molar-refractivity contribution in [2.24, 2.45) is 0 Å². The van der Waals surface area contributed by atoms with E-state index >= 15 is 0 Å². The predicted octanol–water partition coefficient (Wildman–Crippen LogP) is 2.80. The molecule has 1 saturated heterocycles. The first kappa shape index (κ1) is 18.6. The van der Waals surface area contributed by atoms with E-state index in [2.05, 4.69) is 47.6 Å². The molecule has 0 atom stereocenters. The Balaban J connectivity index is 1.73. The van der Waals surface area contributed by atoms with Crippen LogP contribution < -0.4 is 21.2 Å². The number of nitrogens with one attached hydrogen (secondary N) is 4. The van der Waals surface area contributed by atoms with Crippen LogP contribution >= 0.6 is 0 Å². The second kappa shape index (κ2) is 7.32. The number of aromatic nitrogens is 2. The molecule has 1 aliphatic heterocycles. The first-order valence-corrected chi connectivity index (χ1v) is 9.77. The zero-order chi connectivity index (χ0) is 19.8. The Bertz CT molecular complexity index is 1150. The highest BCUT2D eigenvalue weighted by Gasteiger charge is 2.18. The molecule has 4 N–H and O–H groups in total. The second-order valence-corrected chi connectivity index (χ2v) is 7.66. The summed E-state index contributed by atoms with van der Waals surface area (Å²) >= 11 is 0. The SMILES string of the molecule is C=C(NC1CCNCC1)c1c(C)[nH]c(/C=c2\c(=C)[nH]c3ccc(F)cc23)c1C. The molecular weight excluding hydrogens is 351 g/mol. The predicted molar refractivity (Wildman–Crippen MR) is 115 cm³/mol. The number of fused-ring (bicyclic) bond motifs is 1. The van der Waals surface area contributed by atoms with E-state index in [0.29, 0.717) is 6.04 Å². The molecular formula is C23H27FN4. The number of piperidine rings is 1. The minimum atomic E-state index is -0.249. The fraction of sp³-hybridized carbons (Fsp3) is 0.304. The van der Waals surface area contributed by atoms with E-state index in [4.69, 9.17) is 0 Å². The number of hydrogen-bond donors (Lipinski definition) is 4. The third-order valence-corrected chi connectivity index (χ3v) is 5.67. The van der Waals surface area contributed by atoms with Crippen molar-refractivity contribution in [2.45, 2.75) is 32.7 Å². The maximum absolute atomic E-state index is 13.8. The molecule has 146 valence electrons. The van der Waals surface area contributed by atoms with Crippen molar-refractivity contribution in [1.82, 2.24) is 20.6 Å². The van der Waals surface area contributed by atoms with Crippen LogP contribution in [0.15, 0.2) is 24.8 Å². The van der Waals surface area contributed by atoms with Crippen LogP contribution in [0.2, 0.25) is 0 Å². The van der Waals surface area contributed by atoms with E-state index in [1.54, 1.807) is 12.1 Å². The Morgan fingerprint density at radius 1 is 1.21 bits per heavy atom. The molecule has 3 heterocycles. The van der Waals surface area contributed by atoms with Gasteiger partial charge in [-0.05, 0) is 69.6 Å². The normalized spacial score (nSPS) is 16.0. The molecule has 2 aromatic heterocycles. The van der Waals surface area contributed by atoms with Crippen molar-refractivity contribution >= 4 is 29.3 Å². The van der Waals surface area contributed by atoms with E-state index in [9.17, 15) is 4.39 Å². The summed E-state index contributed by atoms with van der Waals surface area (Å²) < 4.78 is 13.8. The molecule has 0 saturated carbocycles. The van der Waals surface area contributed by atoms with Crippen molar-refractivity contribution in [1.29, 1.82) is 0 Å². The van der Waals surface area contributed by atoms with Gasteiger partial charge in [0.25, 0.3) is 0 Å². The number of rotatable bonds is 4. The first-order chi connectivity index (χ1) is 13.4. The van der Waals surface area contributed by atoms with Gasteiger partial charge in [-0.2, -0.15) is 0 Å². The van der Waals surface area contributed by atoms with Gasteiger partial charge in [-0.25, -0.2) is 4.39 Å². The van der Waals surface area contributed by atoms with Gasteiger partial charge in [0.2, 0.25) is 0 Å². The maximum Gasteiger partial charge on any atom is 0.123 e. The molecule has 0 spiro atoms. The summed E-state index contributed by atoms with van der Waals surface area (Å²) in [6, 6.07) is 5.22. The molecule has 0 aliphatic carbocycles. The van der Waals surface area contributed by atoms with Crippen molar-refractivity contribution < 1.29 is 4.39 Å². The van der Waals surface area contributed by atoms with Gasteiger partial charge in [0, 0.05) is 50.2 Å². The lowest BCUT2D eigenvalue weighted by Gasteiger charge is -2.26. The van der Waals surface area contributed by atoms with Gasteiger partial charge in [-0.3, -0.25) is 0 Å². The second-order valence-electron chi connectivity index (χ2n) is 7.66. The molecule has 4 nitrogen and oxygen atoms in total. The van der Waals surface area contributed by atoms with Gasteiger partial charge in [-0.15, -0.1) is 0 Å². The lowest BCUT2D eigenvalue weighted by molar-refractivity contribution is 0.425. The summed E-state index contributed by atoms with van der Waals surface area (Å²) in [6.07, 6.45) is 4.25. The summed E-state index contributed by atoms with van der Waals surface area (Å²) in [5, 5.41) is 9.51. The number of benzene rings is 1. The summed E-state index contributed by atoms with van der Waals surface area (Å²) in [5.74, 6) is -0.249. The average Bonchev–Trinajstić information content (AvgIpc) is 3.12. The van der Waals surface area contributed by atoms with Crippen molar-refractivity contribution in [2.75, 3.05) is 13.1 Å². The van der Waals surface area contributed by atoms with Crippen LogP contribution in [0, 0.1) is 19.7 Å². The lowest BCUT2D eigenvalue weighted by Crippen LogP contribution is -2.39. The molecule has 28 heavy (non-hydrogen) atoms. The number of aryl methyl sites for hydroxylation is 1. The van der Waals surface area contributed by atoms with Crippen LogP contribution in [0.1, 0.15) is 35.4 Å². The summed E-state index contributed by atoms with van der Waals surface area (Å²) in [7, 11) is 0. The largest absolute Gasteiger partial charge is 0.382 e. The zero-order valence-electron chi connectivity index (χ0n) is 16.5. The van der Waals surface area contributed by atoms with Gasteiger partial charge in [-0.1, -0.05) is 13.2 Å². The third kappa shape index (κ3) is 3.38. The Kier molecular flexibility index (Phi) is 4.85. The molecule has 1 fully saturated rings. The first-order valence-electron chi connectivity index (χ1n) is 9.77. The van der Waals surface area contributed by atoms with Gasteiger partial charge < -0.3 is 20.6 Å². The number of halogens is 1. The third-order valence-electron chi connectivity index (χ3n) is 5.67. The zero-order valence-corrected chi connectivity index (χ0v) is 16.5. The smallest absolute Gasteiger partial charge is 0.123 e. The molecule has 5 heteroatoms. The highest BCUT2D eigenvalue weighted by molar-refractivity contribution is 5.82. The van der Waals surface area contributed by atoms with Crippen LogP contribution in [0.3, 0.4) is 0 Å². The molecule has 0 radical (unpaired) electrons. The fourth-order valence-corrected chi connectivity index (χ4v) is 4.21. The molecule has 0 amide bonds. The summed E-state index contributed by atoms with van der Waals surface area (Å²) in [4.78, 5) is 6.71. The van der Waals surface area contributed by atoms with E-state index in [-0.39, 0.29) is 5.82 Å². The molecule has 4 rings (SSSR count). The molecule has 3 aromatic rings. The van der Waals surface area contributed by atoms with Crippen molar-refractivity contribution in [3.63, 3.8) is 0 Å². The minimum absolute atomic E-state index is 0.249. The monoisotopic (exact) mass is 378 g/mol. The quantitative estimate of drug-likeness (QED) is 0.564. The maximum atomic E-state index is 13.8. The molecule has 1 aliphatic rings. The van der Waals surface area contributed by atoms with Gasteiger partial charge in [0.15, 0.2) is 0 Å². The Hall–Kier alpha value is -2.79. The highest BCUT2D eigenvalue weighted by Crippen LogP contribution is 2.25. The molecule has 1 aromatic carbocycles. The van der Waals surface area contributed by atoms with Gasteiger partial charge in [0.05, 0.1) is 0 Å². The van der Waals surface area contributed by atoms with Gasteiger partial charge >= 0.3 is 0 Å². The van der Waals surface area contributed by atoms with Crippen LogP contribution in [-0.2, 0) is 0 Å². The Labute approximate surface area is 164 Å². The summed E-state index contributed by atoms with van der Waals surface area (Å²) in [5.41, 5.74) is 6.17. The van der Waals surface area contributed by atoms with Crippen LogP contribution in [0.25, 0.3) is 29.3 Å². The standard InChI is InChI=1S/C23H27FN4/c1-13-22(12-19-14(2)27-21-6-5-17(24)11-20(19)21)28-16(4)23(13)15(3)26-18-7-9-25-10-8-18/h5-6,11-12,18,25-28H,2-3,7-10H2,1,4H3/b19-12+. The van der Waals surface area contributed by atoms with Crippen molar-refractivity contribution in [3.8, 4) is 0 Å². The Morgan fingerprint density at radius 3 is 2.71 bits per heavy atom. The average molecular weight is 378 g/mol. The highest BCUT2D eigenvalue weighted by atomic mass is 19.1. The topological polar surface area (TPSA) is 55.6 Å². The van der Waals surface area contributed by atoms with E-state index in [1.807, 2.05) is 6.08 Å². The number of hydrogen-bond acceptors (Lipinski definition) is 2. The fourth-order valence-electron chi connectivity index (χ4n) is 4.21. The van der Waals surface area contributed by atoms with Crippen molar-refractivity contribution in [3.05, 3.63) is 63.7 Å².